The molecular formula is C8H16NO. The highest BCUT2D eigenvalue weighted by Crippen LogP contribution is 2.15. The Hall–Kier alpha value is -0.530. The Bertz CT molecular complexity index is 112. The van der Waals surface area contributed by atoms with E-state index in [9.17, 15) is 4.79 Å². The van der Waals surface area contributed by atoms with Gasteiger partial charge < -0.3 is 0 Å². The summed E-state index contributed by atoms with van der Waals surface area (Å²) >= 11 is 0. The van der Waals surface area contributed by atoms with E-state index in [1.54, 1.807) is 0 Å². The van der Waals surface area contributed by atoms with Gasteiger partial charge in [0.1, 0.15) is 0 Å². The molecule has 0 aliphatic rings. The first-order chi connectivity index (χ1) is 4.59. The van der Waals surface area contributed by atoms with Gasteiger partial charge in [0.2, 0.25) is 5.91 Å². The highest BCUT2D eigenvalue weighted by Gasteiger charge is 2.16. The van der Waals surface area contributed by atoms with Gasteiger partial charge in [0, 0.05) is 5.92 Å². The van der Waals surface area contributed by atoms with Crippen LogP contribution in [0.25, 0.3) is 0 Å². The third-order valence-corrected chi connectivity index (χ3v) is 2.01. The van der Waals surface area contributed by atoms with Gasteiger partial charge in [-0.2, -0.15) is 0 Å². The van der Waals surface area contributed by atoms with Gasteiger partial charge in [-0.3, -0.25) is 10.5 Å². The second-order valence-electron chi connectivity index (χ2n) is 2.92. The molecule has 0 spiro atoms. The Kier molecular flexibility index (Phi) is 4.08. The van der Waals surface area contributed by atoms with Crippen molar-refractivity contribution in [1.82, 2.24) is 5.73 Å². The van der Waals surface area contributed by atoms with Crippen LogP contribution in [0.3, 0.4) is 0 Å². The molecule has 1 N–H and O–H groups in total. The molecule has 2 nitrogen and oxygen atoms in total. The minimum atomic E-state index is -0.430. The molecule has 0 aromatic carbocycles. The van der Waals surface area contributed by atoms with Crippen molar-refractivity contribution in [2.45, 2.75) is 33.6 Å². The van der Waals surface area contributed by atoms with E-state index in [1.165, 1.54) is 0 Å². The van der Waals surface area contributed by atoms with Crippen molar-refractivity contribution in [2.24, 2.45) is 11.8 Å². The summed E-state index contributed by atoms with van der Waals surface area (Å²) in [6, 6.07) is 0. The van der Waals surface area contributed by atoms with Crippen LogP contribution in [0.4, 0.5) is 0 Å². The topological polar surface area (TPSA) is 40.9 Å². The molecule has 1 amide bonds. The van der Waals surface area contributed by atoms with Crippen molar-refractivity contribution in [1.29, 1.82) is 0 Å². The summed E-state index contributed by atoms with van der Waals surface area (Å²) in [5.74, 6) is -0.143. The summed E-state index contributed by atoms with van der Waals surface area (Å²) in [7, 11) is 0. The van der Waals surface area contributed by atoms with Gasteiger partial charge in [-0.05, 0) is 5.92 Å². The Morgan fingerprint density at radius 1 is 1.50 bits per heavy atom. The predicted octanol–water partition coefficient (Wildman–Crippen LogP) is 1.87. The van der Waals surface area contributed by atoms with E-state index in [0.29, 0.717) is 5.92 Å². The maximum atomic E-state index is 10.5. The number of rotatable bonds is 4. The van der Waals surface area contributed by atoms with Crippen molar-refractivity contribution in [3.05, 3.63) is 0 Å². The molecule has 0 saturated heterocycles. The summed E-state index contributed by atoms with van der Waals surface area (Å²) < 4.78 is 0. The van der Waals surface area contributed by atoms with Crippen LogP contribution in [0.5, 0.6) is 0 Å². The van der Waals surface area contributed by atoms with Gasteiger partial charge in [-0.25, -0.2) is 0 Å². The van der Waals surface area contributed by atoms with Gasteiger partial charge in [-0.1, -0.05) is 33.6 Å². The standard InChI is InChI=1S/C8H16NO/c1-4-5-6(2)7(3)8(9)10/h6-7,9H,4-5H2,1-3H3. The molecule has 2 atom stereocenters. The average Bonchev–Trinajstić information content (AvgIpc) is 1.87. The molecule has 0 aromatic rings. The first kappa shape index (κ1) is 9.47. The molecule has 0 aliphatic heterocycles. The van der Waals surface area contributed by atoms with E-state index < -0.39 is 5.91 Å². The molecule has 0 aliphatic carbocycles. The van der Waals surface area contributed by atoms with Crippen molar-refractivity contribution < 1.29 is 4.79 Å². The van der Waals surface area contributed by atoms with Crippen molar-refractivity contribution in [3.63, 3.8) is 0 Å². The molecule has 0 heterocycles. The minimum absolute atomic E-state index is 0.0834. The van der Waals surface area contributed by atoms with Crippen LogP contribution in [0, 0.1) is 11.8 Å². The zero-order valence-corrected chi connectivity index (χ0v) is 6.98. The minimum Gasteiger partial charge on any atom is -0.273 e. The predicted molar refractivity (Wildman–Crippen MR) is 41.3 cm³/mol. The molecular weight excluding hydrogens is 126 g/mol. The van der Waals surface area contributed by atoms with E-state index in [2.05, 4.69) is 6.92 Å². The number of carbonyl (C=O) groups excluding carboxylic acids is 1. The van der Waals surface area contributed by atoms with E-state index in [-0.39, 0.29) is 5.92 Å². The maximum Gasteiger partial charge on any atom is 0.241 e. The van der Waals surface area contributed by atoms with Crippen molar-refractivity contribution in [3.8, 4) is 0 Å². The average molecular weight is 142 g/mol. The Balaban J connectivity index is 3.69. The third kappa shape index (κ3) is 2.85. The fraction of sp³-hybridized carbons (Fsp3) is 0.875. The van der Waals surface area contributed by atoms with Crippen LogP contribution >= 0.6 is 0 Å². The molecule has 0 fully saturated rings. The zero-order valence-electron chi connectivity index (χ0n) is 6.98. The molecule has 0 aromatic heterocycles. The molecule has 0 bridgehead atoms. The molecule has 2 heteroatoms. The lowest BCUT2D eigenvalue weighted by Crippen LogP contribution is -2.19. The zero-order chi connectivity index (χ0) is 8.15. The fourth-order valence-electron chi connectivity index (χ4n) is 0.964. The van der Waals surface area contributed by atoms with E-state index in [0.717, 1.165) is 12.8 Å². The molecule has 2 unspecified atom stereocenters. The summed E-state index contributed by atoms with van der Waals surface area (Å²) in [5, 5.41) is 0. The lowest BCUT2D eigenvalue weighted by molar-refractivity contribution is -0.123. The highest BCUT2D eigenvalue weighted by atomic mass is 16.1. The summed E-state index contributed by atoms with van der Waals surface area (Å²) in [6.07, 6.45) is 2.14. The van der Waals surface area contributed by atoms with Crippen LogP contribution in [-0.4, -0.2) is 5.91 Å². The van der Waals surface area contributed by atoms with Gasteiger partial charge >= 0.3 is 0 Å². The van der Waals surface area contributed by atoms with Gasteiger partial charge in [0.25, 0.3) is 0 Å². The van der Waals surface area contributed by atoms with Crippen LogP contribution in [0.1, 0.15) is 33.6 Å². The third-order valence-electron chi connectivity index (χ3n) is 2.01. The Morgan fingerprint density at radius 3 is 2.30 bits per heavy atom. The quantitative estimate of drug-likeness (QED) is 0.590. The summed E-state index contributed by atoms with van der Waals surface area (Å²) in [5.41, 5.74) is 6.85. The fourth-order valence-corrected chi connectivity index (χ4v) is 0.964. The van der Waals surface area contributed by atoms with Crippen LogP contribution in [-0.2, 0) is 4.79 Å². The van der Waals surface area contributed by atoms with Gasteiger partial charge in [0.05, 0.1) is 0 Å². The monoisotopic (exact) mass is 142 g/mol. The molecule has 0 saturated carbocycles. The lowest BCUT2D eigenvalue weighted by atomic mass is 9.91. The molecule has 0 rings (SSSR count). The number of carbonyl (C=O) groups is 1. The highest BCUT2D eigenvalue weighted by molar-refractivity contribution is 5.75. The lowest BCUT2D eigenvalue weighted by Gasteiger charge is -2.14. The van der Waals surface area contributed by atoms with Crippen molar-refractivity contribution >= 4 is 5.91 Å². The Morgan fingerprint density at radius 2 is 2.00 bits per heavy atom. The normalized spacial score (nSPS) is 16.3. The van der Waals surface area contributed by atoms with Crippen LogP contribution < -0.4 is 5.73 Å². The van der Waals surface area contributed by atoms with Gasteiger partial charge in [0.15, 0.2) is 0 Å². The number of hydrogen-bond acceptors (Lipinski definition) is 1. The van der Waals surface area contributed by atoms with E-state index in [4.69, 9.17) is 5.73 Å². The second kappa shape index (κ2) is 4.31. The van der Waals surface area contributed by atoms with Crippen molar-refractivity contribution in [2.75, 3.05) is 0 Å². The number of amides is 1. The smallest absolute Gasteiger partial charge is 0.241 e. The summed E-state index contributed by atoms with van der Waals surface area (Å²) in [4.78, 5) is 10.5. The van der Waals surface area contributed by atoms with E-state index in [1.807, 2.05) is 13.8 Å². The summed E-state index contributed by atoms with van der Waals surface area (Å²) in [6.45, 7) is 5.95. The van der Waals surface area contributed by atoms with Crippen LogP contribution in [0.2, 0.25) is 0 Å². The number of hydrogen-bond donors (Lipinski definition) is 0. The van der Waals surface area contributed by atoms with Crippen LogP contribution in [0.15, 0.2) is 0 Å². The largest absolute Gasteiger partial charge is 0.273 e. The number of nitrogens with one attached hydrogen (secondary N) is 1. The Labute approximate surface area is 62.8 Å². The first-order valence-corrected chi connectivity index (χ1v) is 3.85. The SMILES string of the molecule is CCCC(C)C(C)C([NH])=O. The van der Waals surface area contributed by atoms with E-state index >= 15 is 0 Å². The maximum absolute atomic E-state index is 10.5. The molecule has 1 radical (unpaired) electrons. The second-order valence-corrected chi connectivity index (χ2v) is 2.92. The molecule has 10 heavy (non-hydrogen) atoms. The van der Waals surface area contributed by atoms with Gasteiger partial charge in [-0.15, -0.1) is 0 Å². The molecule has 59 valence electrons. The first-order valence-electron chi connectivity index (χ1n) is 3.85.